The molecule has 0 unspecified atom stereocenters. The molecule has 2 aromatic carbocycles. The molecule has 0 aliphatic carbocycles. The molecule has 0 radical (unpaired) electrons. The molecule has 9 nitrogen and oxygen atoms in total. The van der Waals surface area contributed by atoms with Crippen LogP contribution in [0.25, 0.3) is 0 Å². The van der Waals surface area contributed by atoms with Crippen LogP contribution in [0.15, 0.2) is 58.3 Å². The molecule has 2 aliphatic heterocycles. The third kappa shape index (κ3) is 4.53. The van der Waals surface area contributed by atoms with Crippen molar-refractivity contribution in [2.75, 3.05) is 6.61 Å². The maximum absolute atomic E-state index is 12.7. The number of ether oxygens (including phenoxy) is 2. The topological polar surface area (TPSA) is 125 Å². The fourth-order valence-electron chi connectivity index (χ4n) is 3.39. The molecule has 2 saturated heterocycles. The van der Waals surface area contributed by atoms with E-state index < -0.39 is 50.9 Å². The predicted molar refractivity (Wildman–Crippen MR) is 107 cm³/mol. The first-order valence-corrected chi connectivity index (χ1v) is 12.3. The maximum Gasteiger partial charge on any atom is 0.297 e. The van der Waals surface area contributed by atoms with Crippen LogP contribution in [0.4, 0.5) is 0 Å². The van der Waals surface area contributed by atoms with Gasteiger partial charge in [0.25, 0.3) is 20.2 Å². The maximum atomic E-state index is 12.7. The fraction of sp³-hybridized carbons (Fsp3) is 0.400. The van der Waals surface area contributed by atoms with Crippen molar-refractivity contribution in [3.8, 4) is 0 Å². The van der Waals surface area contributed by atoms with Gasteiger partial charge in [0.15, 0.2) is 12.4 Å². The molecule has 0 spiro atoms. The number of aliphatic hydroxyl groups is 1. The Morgan fingerprint density at radius 2 is 1.26 bits per heavy atom. The largest absolute Gasteiger partial charge is 0.387 e. The van der Waals surface area contributed by atoms with E-state index in [0.717, 1.165) is 11.1 Å². The Hall–Kier alpha value is -1.86. The zero-order chi connectivity index (χ0) is 22.4. The molecular formula is C20H22O9S2. The minimum atomic E-state index is -4.28. The second-order valence-corrected chi connectivity index (χ2v) is 10.7. The summed E-state index contributed by atoms with van der Waals surface area (Å²) in [5.41, 5.74) is 1.72. The number of hydrogen-bond donors (Lipinski definition) is 1. The lowest BCUT2D eigenvalue weighted by Crippen LogP contribution is -2.56. The van der Waals surface area contributed by atoms with Gasteiger partial charge in [0.2, 0.25) is 0 Å². The molecule has 5 atom stereocenters. The van der Waals surface area contributed by atoms with Crippen LogP contribution in [0.1, 0.15) is 11.1 Å². The van der Waals surface area contributed by atoms with E-state index in [-0.39, 0.29) is 16.4 Å². The molecule has 2 bridgehead atoms. The van der Waals surface area contributed by atoms with Gasteiger partial charge >= 0.3 is 0 Å². The molecular weight excluding hydrogens is 448 g/mol. The Labute approximate surface area is 180 Å². The van der Waals surface area contributed by atoms with Crippen LogP contribution in [0.5, 0.6) is 0 Å². The van der Waals surface area contributed by atoms with Crippen molar-refractivity contribution in [2.45, 2.75) is 54.3 Å². The molecule has 0 saturated carbocycles. The van der Waals surface area contributed by atoms with Crippen LogP contribution < -0.4 is 0 Å². The standard InChI is InChI=1S/C20H22O9S2/c1-12-3-7-14(8-4-12)30(22,23)28-18-16-11-26-20(27-16)19(17(18)21)29-31(24,25)15-9-5-13(2)6-10-15/h3-10,16-21H,11H2,1-2H3/t16-,17-,18-,19-,20-/m1/s1. The monoisotopic (exact) mass is 470 g/mol. The Morgan fingerprint density at radius 3 is 1.74 bits per heavy atom. The Kier molecular flexibility index (Phi) is 5.94. The first kappa shape index (κ1) is 22.3. The smallest absolute Gasteiger partial charge is 0.297 e. The summed E-state index contributed by atoms with van der Waals surface area (Å²) in [6.45, 7) is 3.53. The summed E-state index contributed by atoms with van der Waals surface area (Å²) in [5, 5.41) is 10.8. The predicted octanol–water partition coefficient (Wildman–Crippen LogP) is 1.27. The second kappa shape index (κ2) is 8.24. The molecule has 2 fully saturated rings. The van der Waals surface area contributed by atoms with E-state index in [1.807, 2.05) is 6.92 Å². The third-order valence-electron chi connectivity index (χ3n) is 5.14. The van der Waals surface area contributed by atoms with E-state index in [4.69, 9.17) is 17.8 Å². The summed E-state index contributed by atoms with van der Waals surface area (Å²) >= 11 is 0. The van der Waals surface area contributed by atoms with E-state index in [1.165, 1.54) is 24.3 Å². The molecule has 2 aliphatic rings. The summed E-state index contributed by atoms with van der Waals surface area (Å²) < 4.78 is 72.1. The SMILES string of the molecule is Cc1ccc(S(=O)(=O)O[C@H]2[C@@H]3OC[C@@H](O3)[C@@H](OS(=O)(=O)c3ccc(C)cc3)[C@H]2O)cc1. The van der Waals surface area contributed by atoms with Crippen molar-refractivity contribution in [1.29, 1.82) is 0 Å². The molecule has 31 heavy (non-hydrogen) atoms. The highest BCUT2D eigenvalue weighted by molar-refractivity contribution is 7.87. The van der Waals surface area contributed by atoms with Crippen LogP contribution in [-0.4, -0.2) is 59.3 Å². The molecule has 168 valence electrons. The number of benzene rings is 2. The molecule has 2 heterocycles. The lowest BCUT2D eigenvalue weighted by Gasteiger charge is -2.36. The molecule has 4 rings (SSSR count). The van der Waals surface area contributed by atoms with Gasteiger partial charge in [0.1, 0.15) is 18.3 Å². The minimum Gasteiger partial charge on any atom is -0.387 e. The van der Waals surface area contributed by atoms with Gasteiger partial charge in [0.05, 0.1) is 16.4 Å². The summed E-state index contributed by atoms with van der Waals surface area (Å²) in [7, 11) is -8.54. The molecule has 0 aromatic heterocycles. The lowest BCUT2D eigenvalue weighted by atomic mass is 10.0. The van der Waals surface area contributed by atoms with Crippen molar-refractivity contribution in [3.05, 3.63) is 59.7 Å². The number of rotatable bonds is 6. The summed E-state index contributed by atoms with van der Waals surface area (Å²) in [6, 6.07) is 11.9. The van der Waals surface area contributed by atoms with Crippen molar-refractivity contribution < 1.29 is 39.8 Å². The Morgan fingerprint density at radius 1 is 0.806 bits per heavy atom. The van der Waals surface area contributed by atoms with Gasteiger partial charge in [-0.05, 0) is 38.1 Å². The number of aliphatic hydroxyl groups excluding tert-OH is 1. The van der Waals surface area contributed by atoms with Crippen molar-refractivity contribution >= 4 is 20.2 Å². The highest BCUT2D eigenvalue weighted by Gasteiger charge is 2.54. The van der Waals surface area contributed by atoms with Gasteiger partial charge in [0, 0.05) is 0 Å². The van der Waals surface area contributed by atoms with Crippen LogP contribution >= 0.6 is 0 Å². The van der Waals surface area contributed by atoms with Crippen molar-refractivity contribution in [3.63, 3.8) is 0 Å². The number of fused-ring (bicyclic) bond motifs is 2. The molecule has 0 amide bonds. The molecule has 1 N–H and O–H groups in total. The van der Waals surface area contributed by atoms with Gasteiger partial charge in [-0.3, -0.25) is 8.37 Å². The van der Waals surface area contributed by atoms with E-state index in [9.17, 15) is 21.9 Å². The average molecular weight is 471 g/mol. The van der Waals surface area contributed by atoms with E-state index in [1.54, 1.807) is 31.2 Å². The Bertz CT molecular complexity index is 1050. The normalized spacial score (nSPS) is 28.5. The first-order chi connectivity index (χ1) is 14.6. The van der Waals surface area contributed by atoms with Crippen molar-refractivity contribution in [1.82, 2.24) is 0 Å². The van der Waals surface area contributed by atoms with Crippen LogP contribution in [0.2, 0.25) is 0 Å². The second-order valence-electron chi connectivity index (χ2n) is 7.52. The third-order valence-corrected chi connectivity index (χ3v) is 7.79. The van der Waals surface area contributed by atoms with E-state index in [0.29, 0.717) is 0 Å². The zero-order valence-corrected chi connectivity index (χ0v) is 18.4. The average Bonchev–Trinajstić information content (AvgIpc) is 3.16. The highest BCUT2D eigenvalue weighted by Crippen LogP contribution is 2.35. The zero-order valence-electron chi connectivity index (χ0n) is 16.7. The van der Waals surface area contributed by atoms with Crippen LogP contribution in [-0.2, 0) is 38.1 Å². The fourth-order valence-corrected chi connectivity index (χ4v) is 5.58. The number of hydrogen-bond acceptors (Lipinski definition) is 9. The highest BCUT2D eigenvalue weighted by atomic mass is 32.2. The molecule has 11 heteroatoms. The van der Waals surface area contributed by atoms with E-state index in [2.05, 4.69) is 0 Å². The Balaban J connectivity index is 1.57. The lowest BCUT2D eigenvalue weighted by molar-refractivity contribution is -0.213. The van der Waals surface area contributed by atoms with Gasteiger partial charge in [-0.15, -0.1) is 0 Å². The van der Waals surface area contributed by atoms with Gasteiger partial charge in [-0.1, -0.05) is 35.4 Å². The van der Waals surface area contributed by atoms with Crippen molar-refractivity contribution in [2.24, 2.45) is 0 Å². The van der Waals surface area contributed by atoms with Crippen LogP contribution in [0, 0.1) is 13.8 Å². The first-order valence-electron chi connectivity index (χ1n) is 9.52. The summed E-state index contributed by atoms with van der Waals surface area (Å²) in [5.74, 6) is 0. The molecule has 2 aromatic rings. The quantitative estimate of drug-likeness (QED) is 0.621. The van der Waals surface area contributed by atoms with Gasteiger partial charge in [-0.2, -0.15) is 16.8 Å². The van der Waals surface area contributed by atoms with E-state index >= 15 is 0 Å². The number of aryl methyl sites for hydroxylation is 2. The summed E-state index contributed by atoms with van der Waals surface area (Å²) in [4.78, 5) is -0.216. The van der Waals surface area contributed by atoms with Gasteiger partial charge < -0.3 is 14.6 Å². The van der Waals surface area contributed by atoms with Gasteiger partial charge in [-0.25, -0.2) is 0 Å². The van der Waals surface area contributed by atoms with Crippen LogP contribution in [0.3, 0.4) is 0 Å². The summed E-state index contributed by atoms with van der Waals surface area (Å²) in [6.07, 6.45) is -6.64. The minimum absolute atomic E-state index is 0.0831.